The van der Waals surface area contributed by atoms with Crippen molar-refractivity contribution in [3.05, 3.63) is 24.3 Å². The number of benzene rings is 1. The normalized spacial score (nSPS) is 12.8. The molecule has 1 aromatic rings. The summed E-state index contributed by atoms with van der Waals surface area (Å²) in [4.78, 5) is 0. The Morgan fingerprint density at radius 1 is 1.20 bits per heavy atom. The maximum Gasteiger partial charge on any atom is 0.117 e. The fourth-order valence-corrected chi connectivity index (χ4v) is 1.54. The monoisotopic (exact) mass is 207 g/mol. The van der Waals surface area contributed by atoms with E-state index in [0.717, 1.165) is 18.0 Å². The van der Waals surface area contributed by atoms with Crippen LogP contribution in [-0.2, 0) is 0 Å². The summed E-state index contributed by atoms with van der Waals surface area (Å²) < 4.78 is 0. The third-order valence-corrected chi connectivity index (χ3v) is 2.44. The number of phenols is 1. The molecule has 1 unspecified atom stereocenters. The number of phenolic OH excluding ortho intramolecular Hbond substituents is 1. The SMILES string of the molecule is CC(C)CCC(C)Nc1cccc(O)c1. The molecule has 0 radical (unpaired) electrons. The van der Waals surface area contributed by atoms with Crippen LogP contribution in [0.2, 0.25) is 0 Å². The molecule has 0 amide bonds. The van der Waals surface area contributed by atoms with Gasteiger partial charge in [-0.3, -0.25) is 0 Å². The van der Waals surface area contributed by atoms with Gasteiger partial charge >= 0.3 is 0 Å². The number of rotatable bonds is 5. The molecular formula is C13H21NO. The van der Waals surface area contributed by atoms with Crippen LogP contribution in [0.15, 0.2) is 24.3 Å². The van der Waals surface area contributed by atoms with Crippen LogP contribution >= 0.6 is 0 Å². The molecule has 1 aromatic carbocycles. The topological polar surface area (TPSA) is 32.3 Å². The second-order valence-electron chi connectivity index (χ2n) is 4.57. The van der Waals surface area contributed by atoms with Crippen LogP contribution in [0.4, 0.5) is 5.69 Å². The Balaban J connectivity index is 2.40. The molecule has 0 heterocycles. The molecule has 0 aromatic heterocycles. The quantitative estimate of drug-likeness (QED) is 0.772. The van der Waals surface area contributed by atoms with Crippen molar-refractivity contribution in [2.24, 2.45) is 5.92 Å². The van der Waals surface area contributed by atoms with Crippen molar-refractivity contribution in [1.29, 1.82) is 0 Å². The average molecular weight is 207 g/mol. The highest BCUT2D eigenvalue weighted by Gasteiger charge is 2.03. The summed E-state index contributed by atoms with van der Waals surface area (Å²) in [5.74, 6) is 1.06. The second-order valence-corrected chi connectivity index (χ2v) is 4.57. The largest absolute Gasteiger partial charge is 0.508 e. The molecule has 2 nitrogen and oxygen atoms in total. The molecule has 15 heavy (non-hydrogen) atoms. The third-order valence-electron chi connectivity index (χ3n) is 2.44. The van der Waals surface area contributed by atoms with Crippen LogP contribution in [0.25, 0.3) is 0 Å². The van der Waals surface area contributed by atoms with Gasteiger partial charge in [-0.1, -0.05) is 19.9 Å². The summed E-state index contributed by atoms with van der Waals surface area (Å²) in [6, 6.07) is 7.73. The number of aromatic hydroxyl groups is 1. The van der Waals surface area contributed by atoms with Gasteiger partial charge in [0.15, 0.2) is 0 Å². The second kappa shape index (κ2) is 5.64. The van der Waals surface area contributed by atoms with Crippen LogP contribution < -0.4 is 5.32 Å². The first-order valence-corrected chi connectivity index (χ1v) is 5.63. The lowest BCUT2D eigenvalue weighted by Crippen LogP contribution is -2.15. The van der Waals surface area contributed by atoms with E-state index in [9.17, 15) is 5.11 Å². The van der Waals surface area contributed by atoms with Crippen molar-refractivity contribution in [1.82, 2.24) is 0 Å². The van der Waals surface area contributed by atoms with Gasteiger partial charge < -0.3 is 10.4 Å². The first kappa shape index (κ1) is 11.9. The van der Waals surface area contributed by atoms with E-state index >= 15 is 0 Å². The van der Waals surface area contributed by atoms with E-state index in [1.165, 1.54) is 6.42 Å². The summed E-state index contributed by atoms with van der Waals surface area (Å²) in [7, 11) is 0. The van der Waals surface area contributed by atoms with Crippen molar-refractivity contribution in [2.75, 3.05) is 5.32 Å². The van der Waals surface area contributed by atoms with Crippen LogP contribution in [0.5, 0.6) is 5.75 Å². The number of hydrogen-bond acceptors (Lipinski definition) is 2. The maximum atomic E-state index is 9.30. The highest BCUT2D eigenvalue weighted by molar-refractivity contribution is 5.48. The number of anilines is 1. The lowest BCUT2D eigenvalue weighted by molar-refractivity contribution is 0.475. The molecule has 2 N–H and O–H groups in total. The average Bonchev–Trinajstić information content (AvgIpc) is 2.15. The Hall–Kier alpha value is -1.18. The molecule has 0 aliphatic rings. The van der Waals surface area contributed by atoms with Crippen molar-refractivity contribution >= 4 is 5.69 Å². The van der Waals surface area contributed by atoms with Crippen LogP contribution in [0.1, 0.15) is 33.6 Å². The van der Waals surface area contributed by atoms with Crippen LogP contribution in [-0.4, -0.2) is 11.1 Å². The minimum atomic E-state index is 0.316. The van der Waals surface area contributed by atoms with Gasteiger partial charge in [0.25, 0.3) is 0 Å². The molecule has 0 saturated carbocycles. The Kier molecular flexibility index (Phi) is 4.47. The summed E-state index contributed by atoms with van der Waals surface area (Å²) in [5.41, 5.74) is 0.992. The molecule has 0 fully saturated rings. The Morgan fingerprint density at radius 3 is 2.53 bits per heavy atom. The molecule has 0 aliphatic heterocycles. The summed E-state index contributed by atoms with van der Waals surface area (Å²) in [6.07, 6.45) is 2.39. The fourth-order valence-electron chi connectivity index (χ4n) is 1.54. The van der Waals surface area contributed by atoms with Crippen molar-refractivity contribution in [2.45, 2.75) is 39.7 Å². The van der Waals surface area contributed by atoms with Gasteiger partial charge in [0.05, 0.1) is 0 Å². The molecule has 1 atom stereocenters. The van der Waals surface area contributed by atoms with Gasteiger partial charge in [0, 0.05) is 17.8 Å². The molecule has 2 heteroatoms. The number of nitrogens with one attached hydrogen (secondary N) is 1. The maximum absolute atomic E-state index is 9.30. The fraction of sp³-hybridized carbons (Fsp3) is 0.538. The van der Waals surface area contributed by atoms with Crippen molar-refractivity contribution in [3.8, 4) is 5.75 Å². The zero-order valence-corrected chi connectivity index (χ0v) is 9.83. The molecule has 0 spiro atoms. The number of hydrogen-bond donors (Lipinski definition) is 2. The van der Waals surface area contributed by atoms with E-state index in [0.29, 0.717) is 11.8 Å². The lowest BCUT2D eigenvalue weighted by atomic mass is 10.0. The van der Waals surface area contributed by atoms with E-state index in [1.807, 2.05) is 12.1 Å². The first-order chi connectivity index (χ1) is 7.08. The minimum Gasteiger partial charge on any atom is -0.508 e. The highest BCUT2D eigenvalue weighted by Crippen LogP contribution is 2.17. The molecule has 84 valence electrons. The van der Waals surface area contributed by atoms with E-state index < -0.39 is 0 Å². The molecule has 0 bridgehead atoms. The Morgan fingerprint density at radius 2 is 1.93 bits per heavy atom. The predicted molar refractivity (Wildman–Crippen MR) is 65.3 cm³/mol. The minimum absolute atomic E-state index is 0.316. The van der Waals surface area contributed by atoms with Crippen molar-refractivity contribution < 1.29 is 5.11 Å². The third kappa shape index (κ3) is 4.73. The van der Waals surface area contributed by atoms with Gasteiger partial charge in [-0.25, -0.2) is 0 Å². The summed E-state index contributed by atoms with van der Waals surface area (Å²) in [6.45, 7) is 6.65. The van der Waals surface area contributed by atoms with Crippen LogP contribution in [0, 0.1) is 5.92 Å². The highest BCUT2D eigenvalue weighted by atomic mass is 16.3. The molecule has 0 aliphatic carbocycles. The van der Waals surface area contributed by atoms with Crippen molar-refractivity contribution in [3.63, 3.8) is 0 Å². The standard InChI is InChI=1S/C13H21NO/c1-10(2)7-8-11(3)14-12-5-4-6-13(15)9-12/h4-6,9-11,14-15H,7-8H2,1-3H3. The van der Waals surface area contributed by atoms with Gasteiger partial charge in [-0.05, 0) is 37.8 Å². The molecular weight excluding hydrogens is 186 g/mol. The Labute approximate surface area is 92.3 Å². The van der Waals surface area contributed by atoms with Gasteiger partial charge in [-0.2, -0.15) is 0 Å². The zero-order valence-electron chi connectivity index (χ0n) is 9.83. The van der Waals surface area contributed by atoms with Gasteiger partial charge in [0.1, 0.15) is 5.75 Å². The summed E-state index contributed by atoms with van der Waals surface area (Å²) in [5, 5.41) is 12.7. The smallest absolute Gasteiger partial charge is 0.117 e. The van der Waals surface area contributed by atoms with Gasteiger partial charge in [-0.15, -0.1) is 0 Å². The van der Waals surface area contributed by atoms with E-state index in [1.54, 1.807) is 12.1 Å². The molecule has 0 saturated heterocycles. The van der Waals surface area contributed by atoms with E-state index in [-0.39, 0.29) is 0 Å². The first-order valence-electron chi connectivity index (χ1n) is 5.63. The zero-order chi connectivity index (χ0) is 11.3. The molecule has 1 rings (SSSR count). The van der Waals surface area contributed by atoms with E-state index in [2.05, 4.69) is 26.1 Å². The predicted octanol–water partition coefficient (Wildman–Crippen LogP) is 3.63. The Bertz CT molecular complexity index is 296. The van der Waals surface area contributed by atoms with E-state index in [4.69, 9.17) is 0 Å². The van der Waals surface area contributed by atoms with Gasteiger partial charge in [0.2, 0.25) is 0 Å². The summed E-state index contributed by atoms with van der Waals surface area (Å²) >= 11 is 0. The lowest BCUT2D eigenvalue weighted by Gasteiger charge is -2.16. The van der Waals surface area contributed by atoms with Crippen LogP contribution in [0.3, 0.4) is 0 Å².